The molecule has 0 N–H and O–H groups in total. The van der Waals surface area contributed by atoms with Crippen LogP contribution in [0.5, 0.6) is 0 Å². The molecule has 2 aromatic carbocycles. The molecule has 1 fully saturated rings. The Bertz CT molecular complexity index is 2780. The van der Waals surface area contributed by atoms with Gasteiger partial charge in [0.2, 0.25) is 0 Å². The van der Waals surface area contributed by atoms with Crippen molar-refractivity contribution in [1.29, 1.82) is 0 Å². The van der Waals surface area contributed by atoms with E-state index < -0.39 is 92.8 Å². The minimum Gasteiger partial charge on any atom is -0.298 e. The van der Waals surface area contributed by atoms with Crippen molar-refractivity contribution < 1.29 is 43.9 Å². The molecule has 4 aromatic heterocycles. The fourth-order valence-electron chi connectivity index (χ4n) is 8.33. The SMILES string of the molecule is CC(C)n1cc(-c2ccc(-c3ccc(Cl)c4c(CS(C)(=O)=O)nn(C)c34)c([C@@H](CC(=O)Cn3nc(C(F)(F)F)c4c3C(F)(F)[C@@H]3C[C@H]43)Cc3cc(F)cc(F)c3)n2)cn1. The smallest absolute Gasteiger partial charge is 0.298 e. The molecular weight excluding hydrogens is 827 g/mol. The maximum absolute atomic E-state index is 15.5. The Balaban J connectivity index is 1.29. The summed E-state index contributed by atoms with van der Waals surface area (Å²) in [6, 6.07) is 9.36. The number of halogens is 8. The van der Waals surface area contributed by atoms with Crippen LogP contribution >= 0.6 is 11.6 Å². The van der Waals surface area contributed by atoms with E-state index >= 15 is 8.78 Å². The Kier molecular flexibility index (Phi) is 9.84. The van der Waals surface area contributed by atoms with Crippen LogP contribution in [0.3, 0.4) is 0 Å². The number of alkyl halides is 5. The molecule has 0 radical (unpaired) electrons. The highest BCUT2D eigenvalue weighted by atomic mass is 35.5. The van der Waals surface area contributed by atoms with Gasteiger partial charge in [-0.25, -0.2) is 17.2 Å². The summed E-state index contributed by atoms with van der Waals surface area (Å²) in [6.07, 6.45) is -1.57. The Labute approximate surface area is 337 Å². The molecule has 0 amide bonds. The summed E-state index contributed by atoms with van der Waals surface area (Å²) in [5, 5.41) is 12.9. The lowest BCUT2D eigenvalue weighted by molar-refractivity contribution is -0.142. The van der Waals surface area contributed by atoms with E-state index in [-0.39, 0.29) is 40.9 Å². The number of ketones is 1. The Morgan fingerprint density at radius 1 is 1.03 bits per heavy atom. The van der Waals surface area contributed by atoms with Gasteiger partial charge in [-0.3, -0.25) is 23.8 Å². The number of carbonyl (C=O) groups excluding carboxylic acids is 1. The number of aryl methyl sites for hydroxylation is 1. The van der Waals surface area contributed by atoms with Gasteiger partial charge in [0.15, 0.2) is 21.3 Å². The third kappa shape index (κ3) is 7.53. The van der Waals surface area contributed by atoms with Gasteiger partial charge in [0.1, 0.15) is 23.9 Å². The van der Waals surface area contributed by atoms with Gasteiger partial charge in [0.05, 0.1) is 39.6 Å². The molecule has 1 saturated carbocycles. The van der Waals surface area contributed by atoms with E-state index in [0.29, 0.717) is 44.0 Å². The van der Waals surface area contributed by atoms with Gasteiger partial charge >= 0.3 is 6.18 Å². The molecule has 0 bridgehead atoms. The van der Waals surface area contributed by atoms with Crippen molar-refractivity contribution in [2.45, 2.75) is 75.4 Å². The molecule has 19 heteroatoms. The monoisotopic (exact) mass is 861 g/mol. The van der Waals surface area contributed by atoms with E-state index in [1.807, 2.05) is 13.8 Å². The van der Waals surface area contributed by atoms with Gasteiger partial charge < -0.3 is 0 Å². The zero-order chi connectivity index (χ0) is 42.5. The number of carbonyl (C=O) groups is 1. The highest BCUT2D eigenvalue weighted by Gasteiger charge is 2.68. The second-order valence-corrected chi connectivity index (χ2v) is 18.2. The number of benzene rings is 2. The number of pyridine rings is 1. The van der Waals surface area contributed by atoms with Gasteiger partial charge in [0.25, 0.3) is 5.92 Å². The number of hydrogen-bond donors (Lipinski definition) is 0. The molecule has 10 nitrogen and oxygen atoms in total. The molecule has 6 aromatic rings. The largest absolute Gasteiger partial charge is 0.435 e. The quantitative estimate of drug-likeness (QED) is 0.113. The van der Waals surface area contributed by atoms with Crippen LogP contribution in [-0.2, 0) is 52.5 Å². The summed E-state index contributed by atoms with van der Waals surface area (Å²) in [5.41, 5.74) is -0.348. The Morgan fingerprint density at radius 3 is 2.37 bits per heavy atom. The summed E-state index contributed by atoms with van der Waals surface area (Å²) in [7, 11) is -1.99. The molecule has 310 valence electrons. The minimum absolute atomic E-state index is 0.0241. The van der Waals surface area contributed by atoms with Gasteiger partial charge in [0, 0.05) is 77.5 Å². The van der Waals surface area contributed by atoms with E-state index in [1.165, 1.54) is 4.68 Å². The molecular formula is C40H35ClF7N7O3S. The molecule has 0 aliphatic heterocycles. The molecule has 4 heterocycles. The van der Waals surface area contributed by atoms with Crippen LogP contribution in [0.1, 0.15) is 78.5 Å². The first-order chi connectivity index (χ1) is 27.6. The lowest BCUT2D eigenvalue weighted by Gasteiger charge is -2.22. The van der Waals surface area contributed by atoms with E-state index in [1.54, 1.807) is 48.4 Å². The predicted octanol–water partition coefficient (Wildman–Crippen LogP) is 8.97. The normalized spacial score (nSPS) is 17.8. The fraction of sp³-hybridized carbons (Fsp3) is 0.375. The van der Waals surface area contributed by atoms with Crippen LogP contribution < -0.4 is 0 Å². The summed E-state index contributed by atoms with van der Waals surface area (Å²) < 4.78 is 131. The number of Topliss-reactive ketones (excluding diaryl/α,β-unsaturated/α-hetero) is 1. The molecule has 0 unspecified atom stereocenters. The third-order valence-corrected chi connectivity index (χ3v) is 12.0. The van der Waals surface area contributed by atoms with Crippen molar-refractivity contribution in [2.75, 3.05) is 6.26 Å². The van der Waals surface area contributed by atoms with Crippen LogP contribution in [0.2, 0.25) is 5.02 Å². The lowest BCUT2D eigenvalue weighted by atomic mass is 9.86. The van der Waals surface area contributed by atoms with Crippen molar-refractivity contribution in [3.05, 3.63) is 105 Å². The maximum Gasteiger partial charge on any atom is 0.435 e. The average molecular weight is 862 g/mol. The van der Waals surface area contributed by atoms with Gasteiger partial charge in [-0.15, -0.1) is 0 Å². The zero-order valence-electron chi connectivity index (χ0n) is 31.8. The minimum atomic E-state index is -5.05. The number of sulfone groups is 1. The number of fused-ring (bicyclic) bond motifs is 4. The highest BCUT2D eigenvalue weighted by Crippen LogP contribution is 2.68. The predicted molar refractivity (Wildman–Crippen MR) is 204 cm³/mol. The summed E-state index contributed by atoms with van der Waals surface area (Å²) in [6.45, 7) is 2.89. The van der Waals surface area contributed by atoms with E-state index in [2.05, 4.69) is 15.3 Å². The number of nitrogens with zero attached hydrogens (tertiary/aromatic N) is 7. The van der Waals surface area contributed by atoms with Crippen LogP contribution in [0, 0.1) is 17.6 Å². The van der Waals surface area contributed by atoms with Crippen LogP contribution in [0.25, 0.3) is 33.3 Å². The first-order valence-electron chi connectivity index (χ1n) is 18.5. The second-order valence-electron chi connectivity index (χ2n) is 15.7. The second kappa shape index (κ2) is 14.3. The summed E-state index contributed by atoms with van der Waals surface area (Å²) in [5.74, 6) is -10.1. The van der Waals surface area contributed by atoms with Crippen molar-refractivity contribution in [2.24, 2.45) is 13.0 Å². The van der Waals surface area contributed by atoms with Crippen molar-refractivity contribution in [1.82, 2.24) is 34.3 Å². The number of rotatable bonds is 12. The molecule has 3 atom stereocenters. The zero-order valence-corrected chi connectivity index (χ0v) is 33.4. The average Bonchev–Trinajstić information content (AvgIpc) is 3.36. The van der Waals surface area contributed by atoms with Crippen LogP contribution in [-0.4, -0.2) is 54.8 Å². The summed E-state index contributed by atoms with van der Waals surface area (Å²) >= 11 is 6.66. The maximum atomic E-state index is 15.5. The van der Waals surface area contributed by atoms with E-state index in [0.717, 1.165) is 18.4 Å². The Hall–Kier alpha value is -5.10. The van der Waals surface area contributed by atoms with Crippen molar-refractivity contribution in [3.8, 4) is 22.4 Å². The van der Waals surface area contributed by atoms with E-state index in [9.17, 15) is 35.2 Å². The highest BCUT2D eigenvalue weighted by molar-refractivity contribution is 7.89. The van der Waals surface area contributed by atoms with Crippen LogP contribution in [0.4, 0.5) is 30.7 Å². The summed E-state index contributed by atoms with van der Waals surface area (Å²) in [4.78, 5) is 19.2. The molecule has 2 aliphatic rings. The topological polar surface area (TPSA) is 118 Å². The standard InChI is InChI=1S/C40H35ClF7N7O3S/c1-19(2)54-16-22(15-49-54)31-8-6-26(27-5-7-30(41)34-32(18-59(4,57)58)51-53(3)36(27)34)35(50-31)21(9-20-10-23(42)13-24(43)11-20)12-25(56)17-55-38-33(37(52-55)40(46,47)48)28-14-29(28)39(38,44)45/h5-8,10-11,13,15-16,19,21,28-29H,9,12,14,17-18H2,1-4H3/t21-,28+,29-/m1/s1. The van der Waals surface area contributed by atoms with E-state index in [4.69, 9.17) is 16.6 Å². The number of aromatic nitrogens is 7. The molecule has 0 spiro atoms. The van der Waals surface area contributed by atoms with Gasteiger partial charge in [-0.05, 0) is 62.4 Å². The third-order valence-electron chi connectivity index (χ3n) is 10.8. The molecule has 0 saturated heterocycles. The molecule has 59 heavy (non-hydrogen) atoms. The van der Waals surface area contributed by atoms with Crippen molar-refractivity contribution in [3.63, 3.8) is 0 Å². The van der Waals surface area contributed by atoms with Gasteiger partial charge in [-0.1, -0.05) is 23.7 Å². The first kappa shape index (κ1) is 40.7. The van der Waals surface area contributed by atoms with Crippen LogP contribution in [0.15, 0.2) is 54.9 Å². The number of hydrogen-bond acceptors (Lipinski definition) is 7. The first-order valence-corrected chi connectivity index (χ1v) is 20.9. The Morgan fingerprint density at radius 2 is 1.73 bits per heavy atom. The van der Waals surface area contributed by atoms with Crippen molar-refractivity contribution >= 4 is 38.1 Å². The molecule has 8 rings (SSSR count). The fourth-order valence-corrected chi connectivity index (χ4v) is 9.29. The van der Waals surface area contributed by atoms with Gasteiger partial charge in [-0.2, -0.15) is 37.2 Å². The lowest BCUT2D eigenvalue weighted by Crippen LogP contribution is -2.24. The molecule has 2 aliphatic carbocycles.